The van der Waals surface area contributed by atoms with Gasteiger partial charge >= 0.3 is 6.18 Å². The topological polar surface area (TPSA) is 90.2 Å². The number of anilines is 2. The molecule has 2 heterocycles. The number of rotatable bonds is 4. The molecule has 0 bridgehead atoms. The molecule has 3 N–H and O–H groups in total. The smallest absolute Gasteiger partial charge is 0.392 e. The highest BCUT2D eigenvalue weighted by molar-refractivity contribution is 5.86. The molecular formula is C23H16F4N6O. The fourth-order valence-electron chi connectivity index (χ4n) is 3.71. The van der Waals surface area contributed by atoms with Crippen molar-refractivity contribution >= 4 is 28.1 Å². The van der Waals surface area contributed by atoms with Crippen LogP contribution in [0.1, 0.15) is 24.2 Å². The third kappa shape index (κ3) is 4.01. The quantitative estimate of drug-likeness (QED) is 0.316. The van der Waals surface area contributed by atoms with Crippen molar-refractivity contribution in [2.75, 3.05) is 11.1 Å². The lowest BCUT2D eigenvalue weighted by Gasteiger charge is -2.22. The molecule has 0 aliphatic rings. The van der Waals surface area contributed by atoms with E-state index in [1.807, 2.05) is 0 Å². The van der Waals surface area contributed by atoms with Gasteiger partial charge in [0.25, 0.3) is 11.2 Å². The normalized spacial score (nSPS) is 12.4. The standard InChI is InChI=1S/C23H16F4N6O/c1-12(32-21-19(29-2)20(28)30-11-31-21)17-9-13-5-3-8-16(23(25,26)27)18(13)22(34)33(17)15-7-4-6-14(24)10-15/h3-12H,1H3,(H3,28,30,31,32)/t12-/m0/s1. The minimum atomic E-state index is -4.77. The maximum atomic E-state index is 14.0. The second-order valence-corrected chi connectivity index (χ2v) is 7.39. The average molecular weight is 468 g/mol. The van der Waals surface area contributed by atoms with Crippen molar-refractivity contribution in [2.45, 2.75) is 19.1 Å². The van der Waals surface area contributed by atoms with Crippen LogP contribution in [0.5, 0.6) is 0 Å². The minimum Gasteiger partial charge on any atom is -0.392 e. The Morgan fingerprint density at radius 2 is 1.88 bits per heavy atom. The number of fused-ring (bicyclic) bond motifs is 1. The third-order valence-electron chi connectivity index (χ3n) is 5.21. The minimum absolute atomic E-state index is 0.0418. The van der Waals surface area contributed by atoms with Gasteiger partial charge in [0.05, 0.1) is 29.3 Å². The molecular weight excluding hydrogens is 452 g/mol. The highest BCUT2D eigenvalue weighted by Crippen LogP contribution is 2.35. The van der Waals surface area contributed by atoms with Crippen LogP contribution in [0.4, 0.5) is 34.9 Å². The van der Waals surface area contributed by atoms with Gasteiger partial charge < -0.3 is 11.1 Å². The first-order valence-corrected chi connectivity index (χ1v) is 9.88. The van der Waals surface area contributed by atoms with E-state index in [1.54, 1.807) is 6.92 Å². The van der Waals surface area contributed by atoms with E-state index >= 15 is 0 Å². The first-order valence-electron chi connectivity index (χ1n) is 9.88. The summed E-state index contributed by atoms with van der Waals surface area (Å²) in [7, 11) is 0. The van der Waals surface area contributed by atoms with Crippen LogP contribution in [-0.4, -0.2) is 14.5 Å². The number of alkyl halides is 3. The van der Waals surface area contributed by atoms with Crippen LogP contribution in [-0.2, 0) is 6.18 Å². The van der Waals surface area contributed by atoms with Gasteiger partial charge in [-0.2, -0.15) is 13.2 Å². The molecule has 0 amide bonds. The Bertz CT molecular complexity index is 1510. The van der Waals surface area contributed by atoms with Crippen LogP contribution in [0.3, 0.4) is 0 Å². The summed E-state index contributed by atoms with van der Waals surface area (Å²) in [6, 6.07) is 9.05. The Balaban J connectivity index is 2.00. The van der Waals surface area contributed by atoms with E-state index in [9.17, 15) is 22.4 Å². The molecule has 2 aromatic carbocycles. The summed E-state index contributed by atoms with van der Waals surface area (Å²) in [4.78, 5) is 24.6. The van der Waals surface area contributed by atoms with Crippen LogP contribution >= 0.6 is 0 Å². The van der Waals surface area contributed by atoms with E-state index in [2.05, 4.69) is 20.1 Å². The first-order chi connectivity index (χ1) is 16.1. The van der Waals surface area contributed by atoms with Crippen LogP contribution in [0.25, 0.3) is 21.3 Å². The second-order valence-electron chi connectivity index (χ2n) is 7.39. The number of nitrogens with one attached hydrogen (secondary N) is 1. The summed E-state index contributed by atoms with van der Waals surface area (Å²) < 4.78 is 56.1. The summed E-state index contributed by atoms with van der Waals surface area (Å²) >= 11 is 0. The number of nitrogens with zero attached hydrogens (tertiary/aromatic N) is 4. The van der Waals surface area contributed by atoms with E-state index in [0.717, 1.165) is 29.1 Å². The van der Waals surface area contributed by atoms with Gasteiger partial charge in [0, 0.05) is 5.69 Å². The Hall–Kier alpha value is -4.46. The highest BCUT2D eigenvalue weighted by atomic mass is 19.4. The lowest BCUT2D eigenvalue weighted by Crippen LogP contribution is -2.27. The molecule has 0 unspecified atom stereocenters. The molecule has 0 radical (unpaired) electrons. The van der Waals surface area contributed by atoms with Crippen molar-refractivity contribution < 1.29 is 17.6 Å². The fourth-order valence-corrected chi connectivity index (χ4v) is 3.71. The molecule has 11 heteroatoms. The summed E-state index contributed by atoms with van der Waals surface area (Å²) in [5.41, 5.74) is 3.89. The number of aromatic nitrogens is 3. The maximum Gasteiger partial charge on any atom is 0.417 e. The van der Waals surface area contributed by atoms with Gasteiger partial charge in [-0.3, -0.25) is 9.36 Å². The molecule has 7 nitrogen and oxygen atoms in total. The van der Waals surface area contributed by atoms with E-state index in [1.165, 1.54) is 30.3 Å². The van der Waals surface area contributed by atoms with Crippen molar-refractivity contribution in [1.82, 2.24) is 14.5 Å². The van der Waals surface area contributed by atoms with E-state index in [0.29, 0.717) is 0 Å². The number of halogens is 4. The van der Waals surface area contributed by atoms with Gasteiger partial charge in [0.15, 0.2) is 0 Å². The van der Waals surface area contributed by atoms with E-state index < -0.39 is 34.5 Å². The molecule has 2 aromatic heterocycles. The van der Waals surface area contributed by atoms with Gasteiger partial charge in [-0.1, -0.05) is 18.2 Å². The van der Waals surface area contributed by atoms with E-state index in [4.69, 9.17) is 12.3 Å². The predicted molar refractivity (Wildman–Crippen MR) is 119 cm³/mol. The SMILES string of the molecule is [C-]#[N+]c1c(N)ncnc1N[C@@H](C)c1cc2cccc(C(F)(F)F)c2c(=O)n1-c1cccc(F)c1. The van der Waals surface area contributed by atoms with Crippen LogP contribution < -0.4 is 16.6 Å². The zero-order valence-electron chi connectivity index (χ0n) is 17.6. The number of benzene rings is 2. The fraction of sp³-hybridized carbons (Fsp3) is 0.130. The number of nitrogens with two attached hydrogens (primary N) is 1. The summed E-state index contributed by atoms with van der Waals surface area (Å²) in [6.45, 7) is 8.94. The maximum absolute atomic E-state index is 14.0. The van der Waals surface area contributed by atoms with Gasteiger partial charge in [0.2, 0.25) is 0 Å². The Kier molecular flexibility index (Phi) is 5.66. The molecule has 0 saturated heterocycles. The third-order valence-corrected chi connectivity index (χ3v) is 5.21. The zero-order chi connectivity index (χ0) is 24.6. The van der Waals surface area contributed by atoms with Gasteiger partial charge in [-0.15, -0.1) is 0 Å². The number of hydrogen-bond acceptors (Lipinski definition) is 5. The van der Waals surface area contributed by atoms with Crippen LogP contribution in [0.2, 0.25) is 0 Å². The van der Waals surface area contributed by atoms with Crippen LogP contribution in [0.15, 0.2) is 59.7 Å². The largest absolute Gasteiger partial charge is 0.417 e. The van der Waals surface area contributed by atoms with Gasteiger partial charge in [-0.25, -0.2) is 19.2 Å². The molecule has 1 atom stereocenters. The lowest BCUT2D eigenvalue weighted by molar-refractivity contribution is -0.136. The zero-order valence-corrected chi connectivity index (χ0v) is 17.6. The molecule has 4 aromatic rings. The van der Waals surface area contributed by atoms with E-state index in [-0.39, 0.29) is 34.1 Å². The Morgan fingerprint density at radius 1 is 1.15 bits per heavy atom. The summed E-state index contributed by atoms with van der Waals surface area (Å²) in [6.07, 6.45) is -3.62. The molecule has 0 fully saturated rings. The Morgan fingerprint density at radius 3 is 2.56 bits per heavy atom. The number of pyridine rings is 1. The predicted octanol–water partition coefficient (Wildman–Crippen LogP) is 5.24. The molecule has 34 heavy (non-hydrogen) atoms. The number of hydrogen-bond donors (Lipinski definition) is 2. The number of nitrogen functional groups attached to an aromatic ring is 1. The van der Waals surface area contributed by atoms with Crippen molar-refractivity contribution in [3.05, 3.63) is 93.7 Å². The first kappa shape index (κ1) is 22.7. The molecule has 0 spiro atoms. The molecule has 0 aliphatic carbocycles. The van der Waals surface area contributed by atoms with Gasteiger partial charge in [-0.05, 0) is 42.6 Å². The monoisotopic (exact) mass is 468 g/mol. The average Bonchev–Trinajstić information content (AvgIpc) is 2.78. The van der Waals surface area contributed by atoms with Crippen LogP contribution in [0, 0.1) is 12.4 Å². The molecule has 4 rings (SSSR count). The van der Waals surface area contributed by atoms with Crippen molar-refractivity contribution in [3.63, 3.8) is 0 Å². The van der Waals surface area contributed by atoms with Crippen molar-refractivity contribution in [3.8, 4) is 5.69 Å². The Labute approximate surface area is 190 Å². The molecule has 0 saturated carbocycles. The molecule has 172 valence electrons. The van der Waals surface area contributed by atoms with Gasteiger partial charge in [0.1, 0.15) is 23.8 Å². The highest BCUT2D eigenvalue weighted by Gasteiger charge is 2.34. The van der Waals surface area contributed by atoms with Crippen molar-refractivity contribution in [1.29, 1.82) is 0 Å². The molecule has 0 aliphatic heterocycles. The second kappa shape index (κ2) is 8.47. The van der Waals surface area contributed by atoms with Crippen molar-refractivity contribution in [2.24, 2.45) is 0 Å². The lowest BCUT2D eigenvalue weighted by atomic mass is 10.0. The summed E-state index contributed by atoms with van der Waals surface area (Å²) in [5.74, 6) is -0.646. The summed E-state index contributed by atoms with van der Waals surface area (Å²) in [5, 5.41) is 2.48.